The molecule has 0 aliphatic rings. The third kappa shape index (κ3) is 5.25. The Kier molecular flexibility index (Phi) is 6.51. The number of hydrogen-bond acceptors (Lipinski definition) is 5. The van der Waals surface area contributed by atoms with Crippen molar-refractivity contribution in [3.63, 3.8) is 0 Å². The van der Waals surface area contributed by atoms with E-state index >= 15 is 0 Å². The van der Waals surface area contributed by atoms with Crippen LogP contribution in [0.5, 0.6) is 0 Å². The number of sulfonamides is 1. The van der Waals surface area contributed by atoms with Gasteiger partial charge in [-0.05, 0) is 31.7 Å². The number of rotatable bonds is 6. The van der Waals surface area contributed by atoms with Gasteiger partial charge in [0.15, 0.2) is 5.96 Å². The fourth-order valence-electron chi connectivity index (χ4n) is 2.31. The largest absolute Gasteiger partial charge is 0.352 e. The summed E-state index contributed by atoms with van der Waals surface area (Å²) in [4.78, 5) is 10.9. The summed E-state index contributed by atoms with van der Waals surface area (Å²) in [6.45, 7) is 3.10. The third-order valence-electron chi connectivity index (χ3n) is 3.57. The average Bonchev–Trinajstić information content (AvgIpc) is 3.00. The molecule has 0 spiro atoms. The molecule has 0 aliphatic carbocycles. The molecular formula is C16H23N5O2S2. The van der Waals surface area contributed by atoms with Gasteiger partial charge in [-0.1, -0.05) is 12.1 Å². The lowest BCUT2D eigenvalue weighted by Gasteiger charge is -2.21. The molecule has 0 aliphatic heterocycles. The summed E-state index contributed by atoms with van der Waals surface area (Å²) >= 11 is 1.62. The van der Waals surface area contributed by atoms with E-state index in [1.807, 2.05) is 30.3 Å². The van der Waals surface area contributed by atoms with E-state index in [1.54, 1.807) is 36.6 Å². The fraction of sp³-hybridized carbons (Fsp3) is 0.375. The molecule has 9 heteroatoms. The van der Waals surface area contributed by atoms with Crippen molar-refractivity contribution in [1.29, 1.82) is 0 Å². The van der Waals surface area contributed by atoms with Crippen LogP contribution in [-0.2, 0) is 23.1 Å². The molecule has 0 radical (unpaired) electrons. The normalized spacial score (nSPS) is 12.2. The molecule has 1 aromatic carbocycles. The second-order valence-corrected chi connectivity index (χ2v) is 8.42. The molecule has 1 aromatic heterocycles. The van der Waals surface area contributed by atoms with Gasteiger partial charge in [0.05, 0.1) is 22.1 Å². The number of aryl methyl sites for hydroxylation is 1. The number of hydrogen-bond donors (Lipinski definition) is 2. The van der Waals surface area contributed by atoms with Gasteiger partial charge in [0, 0.05) is 26.0 Å². The highest BCUT2D eigenvalue weighted by Crippen LogP contribution is 2.12. The topological polar surface area (TPSA) is 86.7 Å². The number of aromatic nitrogens is 1. The first-order valence-corrected chi connectivity index (χ1v) is 10.1. The van der Waals surface area contributed by atoms with Crippen LogP contribution in [0.25, 0.3) is 0 Å². The molecule has 2 aromatic rings. The average molecular weight is 382 g/mol. The zero-order valence-corrected chi connectivity index (χ0v) is 16.4. The minimum absolute atomic E-state index is 0.246. The van der Waals surface area contributed by atoms with Crippen molar-refractivity contribution in [3.8, 4) is 0 Å². The van der Waals surface area contributed by atoms with Crippen LogP contribution in [0.4, 0.5) is 0 Å². The predicted molar refractivity (Wildman–Crippen MR) is 101 cm³/mol. The van der Waals surface area contributed by atoms with E-state index < -0.39 is 10.0 Å². The Morgan fingerprint density at radius 3 is 2.76 bits per heavy atom. The molecule has 7 nitrogen and oxygen atoms in total. The van der Waals surface area contributed by atoms with E-state index in [2.05, 4.69) is 20.0 Å². The van der Waals surface area contributed by atoms with Gasteiger partial charge in [-0.25, -0.2) is 18.1 Å². The van der Waals surface area contributed by atoms with E-state index in [0.29, 0.717) is 19.0 Å². The van der Waals surface area contributed by atoms with Crippen LogP contribution in [0.15, 0.2) is 39.5 Å². The van der Waals surface area contributed by atoms with Gasteiger partial charge < -0.3 is 10.2 Å². The summed E-state index contributed by atoms with van der Waals surface area (Å²) in [5, 5.41) is 6.31. The van der Waals surface area contributed by atoms with E-state index in [9.17, 15) is 8.42 Å². The Hall–Kier alpha value is -1.97. The van der Waals surface area contributed by atoms with Gasteiger partial charge in [0.2, 0.25) is 10.0 Å². The number of guanidine groups is 1. The molecule has 0 atom stereocenters. The monoisotopic (exact) mass is 381 g/mol. The van der Waals surface area contributed by atoms with Crippen LogP contribution in [-0.4, -0.2) is 45.4 Å². The van der Waals surface area contributed by atoms with Crippen molar-refractivity contribution in [2.24, 2.45) is 4.99 Å². The Labute approximate surface area is 152 Å². The molecule has 136 valence electrons. The zero-order valence-electron chi connectivity index (χ0n) is 14.8. The van der Waals surface area contributed by atoms with Crippen LogP contribution >= 0.6 is 11.3 Å². The van der Waals surface area contributed by atoms with Crippen LogP contribution in [0.3, 0.4) is 0 Å². The highest BCUT2D eigenvalue weighted by molar-refractivity contribution is 7.89. The number of aliphatic imine (C=N–C) groups is 1. The maximum atomic E-state index is 11.9. The van der Waals surface area contributed by atoms with Crippen molar-refractivity contribution in [2.45, 2.75) is 24.9 Å². The van der Waals surface area contributed by atoms with E-state index in [1.165, 1.54) is 7.05 Å². The third-order valence-corrected chi connectivity index (χ3v) is 5.80. The Balaban J connectivity index is 2.02. The van der Waals surface area contributed by atoms with Crippen molar-refractivity contribution < 1.29 is 8.42 Å². The fourth-order valence-corrected chi connectivity index (χ4v) is 3.71. The Morgan fingerprint density at radius 1 is 1.40 bits per heavy atom. The van der Waals surface area contributed by atoms with Crippen LogP contribution in [0, 0.1) is 6.92 Å². The quantitative estimate of drug-likeness (QED) is 0.586. The van der Waals surface area contributed by atoms with Gasteiger partial charge in [0.1, 0.15) is 0 Å². The lowest BCUT2D eigenvalue weighted by molar-refractivity contribution is 0.470. The summed E-state index contributed by atoms with van der Waals surface area (Å²) in [7, 11) is 1.61. The van der Waals surface area contributed by atoms with E-state index in [0.717, 1.165) is 16.3 Å². The minimum atomic E-state index is -3.45. The maximum absolute atomic E-state index is 11.9. The molecule has 1 heterocycles. The molecule has 0 unspecified atom stereocenters. The Morgan fingerprint density at radius 2 is 2.16 bits per heavy atom. The standard InChI is InChI=1S/C16H23N5O2S2/c1-12-20-14(11-24-12)10-21(4)16(17-2)19-9-13-6-5-7-15(8-13)25(22,23)18-3/h5-8,11,18H,9-10H2,1-4H3,(H,17,19). The lowest BCUT2D eigenvalue weighted by atomic mass is 10.2. The zero-order chi connectivity index (χ0) is 18.4. The molecule has 0 bridgehead atoms. The second-order valence-electron chi connectivity index (χ2n) is 5.47. The summed E-state index contributed by atoms with van der Waals surface area (Å²) in [5.74, 6) is 0.715. The van der Waals surface area contributed by atoms with Gasteiger partial charge >= 0.3 is 0 Å². The van der Waals surface area contributed by atoms with Gasteiger partial charge in [-0.2, -0.15) is 0 Å². The van der Waals surface area contributed by atoms with Crippen LogP contribution < -0.4 is 10.0 Å². The van der Waals surface area contributed by atoms with Gasteiger partial charge in [-0.15, -0.1) is 11.3 Å². The minimum Gasteiger partial charge on any atom is -0.352 e. The summed E-state index contributed by atoms with van der Waals surface area (Å²) in [6, 6.07) is 6.82. The van der Waals surface area contributed by atoms with Gasteiger partial charge in [0.25, 0.3) is 0 Å². The first-order valence-electron chi connectivity index (χ1n) is 7.71. The Bertz CT molecular complexity index is 846. The predicted octanol–water partition coefficient (Wildman–Crippen LogP) is 1.57. The molecule has 2 N–H and O–H groups in total. The lowest BCUT2D eigenvalue weighted by Crippen LogP contribution is -2.38. The highest BCUT2D eigenvalue weighted by Gasteiger charge is 2.12. The van der Waals surface area contributed by atoms with Crippen LogP contribution in [0.1, 0.15) is 16.3 Å². The summed E-state index contributed by atoms with van der Waals surface area (Å²) in [6.07, 6.45) is 0. The number of nitrogens with one attached hydrogen (secondary N) is 2. The number of benzene rings is 1. The molecule has 0 fully saturated rings. The van der Waals surface area contributed by atoms with E-state index in [-0.39, 0.29) is 4.90 Å². The highest BCUT2D eigenvalue weighted by atomic mass is 32.2. The van der Waals surface area contributed by atoms with Crippen molar-refractivity contribution in [2.75, 3.05) is 21.1 Å². The second kappa shape index (κ2) is 8.41. The molecule has 0 saturated carbocycles. The van der Waals surface area contributed by atoms with Crippen molar-refractivity contribution >= 4 is 27.3 Å². The first-order chi connectivity index (χ1) is 11.9. The molecular weight excluding hydrogens is 358 g/mol. The molecule has 0 amide bonds. The number of thiazole rings is 1. The van der Waals surface area contributed by atoms with E-state index in [4.69, 9.17) is 0 Å². The molecule has 25 heavy (non-hydrogen) atoms. The summed E-state index contributed by atoms with van der Waals surface area (Å²) < 4.78 is 26.1. The molecule has 2 rings (SSSR count). The van der Waals surface area contributed by atoms with Crippen molar-refractivity contribution in [1.82, 2.24) is 19.9 Å². The van der Waals surface area contributed by atoms with Gasteiger partial charge in [-0.3, -0.25) is 4.99 Å². The SMILES string of the molecule is CN=C(NCc1cccc(S(=O)(=O)NC)c1)N(C)Cc1csc(C)n1. The maximum Gasteiger partial charge on any atom is 0.240 e. The van der Waals surface area contributed by atoms with Crippen molar-refractivity contribution in [3.05, 3.63) is 45.9 Å². The van der Waals surface area contributed by atoms with Crippen LogP contribution in [0.2, 0.25) is 0 Å². The smallest absolute Gasteiger partial charge is 0.240 e. The summed E-state index contributed by atoms with van der Waals surface area (Å²) in [5.41, 5.74) is 1.85. The molecule has 0 saturated heterocycles. The number of nitrogens with zero attached hydrogens (tertiary/aromatic N) is 3. The first kappa shape index (κ1) is 19.4.